The number of nitrogens with zero attached hydrogens (tertiary/aromatic N) is 2. The summed E-state index contributed by atoms with van der Waals surface area (Å²) >= 11 is 0. The third-order valence-corrected chi connectivity index (χ3v) is 5.95. The number of aryl methyl sites for hydroxylation is 1. The third-order valence-electron chi connectivity index (χ3n) is 3.91. The zero-order valence-corrected chi connectivity index (χ0v) is 13.9. The second-order valence-corrected chi connectivity index (χ2v) is 7.20. The second kappa shape index (κ2) is 7.36. The fraction of sp³-hybridized carbons (Fsp3) is 0.538. The number of piperidine rings is 1. The SMILES string of the molecule is Cc1ccc([N+](=O)[O-])cc1S(=O)(=O)N1CCC(CN)CC1.Cl. The monoisotopic (exact) mass is 349 g/mol. The van der Waals surface area contributed by atoms with Crippen LogP contribution in [0.4, 0.5) is 5.69 Å². The molecule has 2 N–H and O–H groups in total. The number of hydrogen-bond donors (Lipinski definition) is 1. The highest BCUT2D eigenvalue weighted by Crippen LogP contribution is 2.27. The first-order valence-electron chi connectivity index (χ1n) is 6.81. The molecule has 0 saturated carbocycles. The van der Waals surface area contributed by atoms with Crippen LogP contribution in [-0.2, 0) is 10.0 Å². The lowest BCUT2D eigenvalue weighted by molar-refractivity contribution is -0.385. The van der Waals surface area contributed by atoms with E-state index in [1.807, 2.05) is 0 Å². The van der Waals surface area contributed by atoms with Crippen molar-refractivity contribution in [3.8, 4) is 0 Å². The fourth-order valence-electron chi connectivity index (χ4n) is 2.50. The topological polar surface area (TPSA) is 107 Å². The Bertz CT molecular complexity index is 643. The summed E-state index contributed by atoms with van der Waals surface area (Å²) in [6, 6.07) is 3.92. The van der Waals surface area contributed by atoms with Gasteiger partial charge in [0, 0.05) is 25.2 Å². The molecule has 0 aromatic heterocycles. The minimum absolute atomic E-state index is 0. The molecule has 1 aliphatic heterocycles. The van der Waals surface area contributed by atoms with Crippen LogP contribution in [0.3, 0.4) is 0 Å². The molecule has 0 unspecified atom stereocenters. The van der Waals surface area contributed by atoms with Gasteiger partial charge >= 0.3 is 0 Å². The van der Waals surface area contributed by atoms with Gasteiger partial charge in [0.1, 0.15) is 0 Å². The van der Waals surface area contributed by atoms with Gasteiger partial charge < -0.3 is 5.73 Å². The smallest absolute Gasteiger partial charge is 0.270 e. The Labute approximate surface area is 136 Å². The number of hydrogen-bond acceptors (Lipinski definition) is 5. The van der Waals surface area contributed by atoms with Gasteiger partial charge in [0.2, 0.25) is 10.0 Å². The molecule has 1 fully saturated rings. The van der Waals surface area contributed by atoms with Crippen LogP contribution in [0.5, 0.6) is 0 Å². The normalized spacial score (nSPS) is 17.0. The lowest BCUT2D eigenvalue weighted by Gasteiger charge is -2.30. The molecule has 1 aromatic carbocycles. The molecule has 0 radical (unpaired) electrons. The van der Waals surface area contributed by atoms with Crippen LogP contribution in [0.15, 0.2) is 23.1 Å². The molecule has 0 spiro atoms. The molecule has 124 valence electrons. The minimum atomic E-state index is -3.69. The molecule has 1 saturated heterocycles. The van der Waals surface area contributed by atoms with Crippen LogP contribution in [0.25, 0.3) is 0 Å². The van der Waals surface area contributed by atoms with E-state index in [0.29, 0.717) is 31.1 Å². The lowest BCUT2D eigenvalue weighted by atomic mass is 9.99. The van der Waals surface area contributed by atoms with Crippen LogP contribution in [-0.4, -0.2) is 37.3 Å². The number of halogens is 1. The zero-order chi connectivity index (χ0) is 15.6. The quantitative estimate of drug-likeness (QED) is 0.657. The number of rotatable bonds is 4. The summed E-state index contributed by atoms with van der Waals surface area (Å²) in [5, 5.41) is 10.8. The number of nitro groups is 1. The van der Waals surface area contributed by atoms with E-state index in [9.17, 15) is 18.5 Å². The first kappa shape index (κ1) is 18.8. The number of sulfonamides is 1. The van der Waals surface area contributed by atoms with Gasteiger partial charge in [-0.3, -0.25) is 10.1 Å². The first-order valence-corrected chi connectivity index (χ1v) is 8.25. The van der Waals surface area contributed by atoms with E-state index >= 15 is 0 Å². The van der Waals surface area contributed by atoms with E-state index in [0.717, 1.165) is 18.9 Å². The van der Waals surface area contributed by atoms with Crippen molar-refractivity contribution in [1.29, 1.82) is 0 Å². The van der Waals surface area contributed by atoms with Crippen molar-refractivity contribution in [3.05, 3.63) is 33.9 Å². The predicted octanol–water partition coefficient (Wildman–Crippen LogP) is 1.68. The Hall–Kier alpha value is -1.22. The predicted molar refractivity (Wildman–Crippen MR) is 85.6 cm³/mol. The molecule has 7 nitrogen and oxygen atoms in total. The molecule has 1 aromatic rings. The number of non-ortho nitro benzene ring substituents is 1. The van der Waals surface area contributed by atoms with E-state index in [2.05, 4.69) is 0 Å². The first-order chi connectivity index (χ1) is 9.86. The maximum Gasteiger partial charge on any atom is 0.270 e. The Morgan fingerprint density at radius 3 is 2.45 bits per heavy atom. The lowest BCUT2D eigenvalue weighted by Crippen LogP contribution is -2.40. The zero-order valence-electron chi connectivity index (χ0n) is 12.3. The number of benzene rings is 1. The maximum atomic E-state index is 12.6. The summed E-state index contributed by atoms with van der Waals surface area (Å²) in [6.45, 7) is 3.02. The molecule has 0 atom stereocenters. The average Bonchev–Trinajstić information content (AvgIpc) is 2.47. The van der Waals surface area contributed by atoms with Crippen LogP contribution >= 0.6 is 12.4 Å². The van der Waals surface area contributed by atoms with Gasteiger partial charge in [0.25, 0.3) is 5.69 Å². The Kier molecular flexibility index (Phi) is 6.30. The van der Waals surface area contributed by atoms with Gasteiger partial charge in [0.15, 0.2) is 0 Å². The molecular weight excluding hydrogens is 330 g/mol. The summed E-state index contributed by atoms with van der Waals surface area (Å²) < 4.78 is 26.7. The van der Waals surface area contributed by atoms with E-state index in [4.69, 9.17) is 5.73 Å². The molecular formula is C13H20ClN3O4S. The largest absolute Gasteiger partial charge is 0.330 e. The van der Waals surface area contributed by atoms with Gasteiger partial charge in [-0.1, -0.05) is 6.07 Å². The highest BCUT2D eigenvalue weighted by Gasteiger charge is 2.31. The van der Waals surface area contributed by atoms with Crippen molar-refractivity contribution in [1.82, 2.24) is 4.31 Å². The molecule has 9 heteroatoms. The van der Waals surface area contributed by atoms with Crippen molar-refractivity contribution in [3.63, 3.8) is 0 Å². The standard InChI is InChI=1S/C13H19N3O4S.ClH/c1-10-2-3-12(16(17)18)8-13(10)21(19,20)15-6-4-11(9-14)5-7-15;/h2-3,8,11H,4-7,9,14H2,1H3;1H. The molecule has 2 rings (SSSR count). The van der Waals surface area contributed by atoms with E-state index < -0.39 is 14.9 Å². The highest BCUT2D eigenvalue weighted by molar-refractivity contribution is 7.89. The Balaban J connectivity index is 0.00000242. The molecule has 0 aliphatic carbocycles. The summed E-state index contributed by atoms with van der Waals surface area (Å²) in [4.78, 5) is 10.3. The third kappa shape index (κ3) is 3.75. The summed E-state index contributed by atoms with van der Waals surface area (Å²) in [6.07, 6.45) is 1.45. The Morgan fingerprint density at radius 1 is 1.36 bits per heavy atom. The average molecular weight is 350 g/mol. The van der Waals surface area contributed by atoms with Crippen LogP contribution < -0.4 is 5.73 Å². The number of nitro benzene ring substituents is 1. The van der Waals surface area contributed by atoms with Crippen LogP contribution in [0.1, 0.15) is 18.4 Å². The second-order valence-electron chi connectivity index (χ2n) is 5.29. The van der Waals surface area contributed by atoms with Crippen molar-refractivity contribution < 1.29 is 13.3 Å². The maximum absolute atomic E-state index is 12.6. The fourth-order valence-corrected chi connectivity index (χ4v) is 4.22. The summed E-state index contributed by atoms with van der Waals surface area (Å²) in [5.74, 6) is 0.350. The van der Waals surface area contributed by atoms with Crippen molar-refractivity contribution in [2.75, 3.05) is 19.6 Å². The number of nitrogens with two attached hydrogens (primary N) is 1. The van der Waals surface area contributed by atoms with E-state index in [1.54, 1.807) is 6.92 Å². The van der Waals surface area contributed by atoms with Gasteiger partial charge in [-0.05, 0) is 37.8 Å². The molecule has 0 amide bonds. The van der Waals surface area contributed by atoms with Gasteiger partial charge in [0.05, 0.1) is 9.82 Å². The van der Waals surface area contributed by atoms with Crippen molar-refractivity contribution in [2.24, 2.45) is 11.7 Å². The van der Waals surface area contributed by atoms with E-state index in [-0.39, 0.29) is 23.0 Å². The van der Waals surface area contributed by atoms with Crippen molar-refractivity contribution >= 4 is 28.1 Å². The van der Waals surface area contributed by atoms with Crippen molar-refractivity contribution in [2.45, 2.75) is 24.7 Å². The summed E-state index contributed by atoms with van der Waals surface area (Å²) in [5.41, 5.74) is 5.91. The minimum Gasteiger partial charge on any atom is -0.330 e. The molecule has 22 heavy (non-hydrogen) atoms. The van der Waals surface area contributed by atoms with Gasteiger partial charge in [-0.25, -0.2) is 8.42 Å². The Morgan fingerprint density at radius 2 is 1.95 bits per heavy atom. The van der Waals surface area contributed by atoms with E-state index in [1.165, 1.54) is 16.4 Å². The summed E-state index contributed by atoms with van der Waals surface area (Å²) in [7, 11) is -3.69. The van der Waals surface area contributed by atoms with Crippen LogP contribution in [0.2, 0.25) is 0 Å². The van der Waals surface area contributed by atoms with Gasteiger partial charge in [-0.15, -0.1) is 12.4 Å². The van der Waals surface area contributed by atoms with Crippen LogP contribution in [0, 0.1) is 23.0 Å². The highest BCUT2D eigenvalue weighted by atomic mass is 35.5. The van der Waals surface area contributed by atoms with Gasteiger partial charge in [-0.2, -0.15) is 4.31 Å². The molecule has 0 bridgehead atoms. The molecule has 1 aliphatic rings. The molecule has 1 heterocycles.